The van der Waals surface area contributed by atoms with Gasteiger partial charge in [0.05, 0.1) is 12.1 Å². The quantitative estimate of drug-likeness (QED) is 0.457. The van der Waals surface area contributed by atoms with Gasteiger partial charge in [0.25, 0.3) is 0 Å². The number of tetrazole rings is 1. The van der Waals surface area contributed by atoms with Crippen LogP contribution in [0.2, 0.25) is 0 Å². The van der Waals surface area contributed by atoms with Crippen LogP contribution >= 0.6 is 0 Å². The van der Waals surface area contributed by atoms with Crippen molar-refractivity contribution in [1.29, 1.82) is 0 Å². The van der Waals surface area contributed by atoms with Crippen molar-refractivity contribution >= 4 is 11.7 Å². The number of rotatable bonds is 8. The third-order valence-electron chi connectivity index (χ3n) is 6.42. The molecule has 0 aliphatic carbocycles. The molecule has 1 unspecified atom stereocenters. The van der Waals surface area contributed by atoms with Crippen molar-refractivity contribution in [2.45, 2.75) is 38.3 Å². The maximum absolute atomic E-state index is 13.2. The van der Waals surface area contributed by atoms with Gasteiger partial charge in [0, 0.05) is 31.4 Å². The average Bonchev–Trinajstić information content (AvgIpc) is 3.27. The molecule has 186 valence electrons. The van der Waals surface area contributed by atoms with Crippen molar-refractivity contribution in [3.63, 3.8) is 0 Å². The highest BCUT2D eigenvalue weighted by Crippen LogP contribution is 2.22. The summed E-state index contributed by atoms with van der Waals surface area (Å²) in [6.45, 7) is 4.07. The fourth-order valence-electron chi connectivity index (χ4n) is 4.54. The molecule has 1 aromatic heterocycles. The van der Waals surface area contributed by atoms with Crippen LogP contribution in [0, 0.1) is 11.7 Å². The molecule has 3 atom stereocenters. The number of hydrogen-bond donors (Lipinski definition) is 3. The number of aryl methyl sites for hydroxylation is 1. The fourth-order valence-corrected chi connectivity index (χ4v) is 4.54. The number of aromatic nitrogens is 4. The highest BCUT2D eigenvalue weighted by molar-refractivity contribution is 5.90. The van der Waals surface area contributed by atoms with Crippen molar-refractivity contribution in [3.05, 3.63) is 59.9 Å². The largest absolute Gasteiger partial charge is 0.390 e. The summed E-state index contributed by atoms with van der Waals surface area (Å²) in [5.74, 6) is 0.838. The standard InChI is InChI=1S/C25H32FN7O2/c1-17(27-25(35)28-22-7-3-6-20(14-22)24-29-30-31-32(24)2)23(34)16-33-12-4-5-19(15-33)13-18-8-10-21(26)11-9-18/h3,6-11,14,17,19,23,34H,4-5,12-13,15-16H2,1-2H3,(H2,27,28,35)/t17-,19?,23+/m1/s1. The number of piperidine rings is 1. The lowest BCUT2D eigenvalue weighted by molar-refractivity contribution is 0.0662. The summed E-state index contributed by atoms with van der Waals surface area (Å²) in [6.07, 6.45) is 2.36. The number of carbonyl (C=O) groups excluding carboxylic acids is 1. The van der Waals surface area contributed by atoms with Crippen molar-refractivity contribution in [2.75, 3.05) is 25.0 Å². The first-order valence-electron chi connectivity index (χ1n) is 11.9. The van der Waals surface area contributed by atoms with Gasteiger partial charge < -0.3 is 20.6 Å². The Bertz CT molecular complexity index is 1120. The zero-order valence-corrected chi connectivity index (χ0v) is 20.1. The fraction of sp³-hybridized carbons (Fsp3) is 0.440. The Hall–Kier alpha value is -3.37. The predicted molar refractivity (Wildman–Crippen MR) is 131 cm³/mol. The number of nitrogens with one attached hydrogen (secondary N) is 2. The third kappa shape index (κ3) is 6.83. The van der Waals surface area contributed by atoms with E-state index >= 15 is 0 Å². The summed E-state index contributed by atoms with van der Waals surface area (Å²) in [7, 11) is 1.75. The molecule has 0 bridgehead atoms. The zero-order valence-electron chi connectivity index (χ0n) is 20.1. The lowest BCUT2D eigenvalue weighted by Crippen LogP contribution is -2.49. The summed E-state index contributed by atoms with van der Waals surface area (Å²) in [5, 5.41) is 27.8. The maximum Gasteiger partial charge on any atom is 0.319 e. The normalized spacial score (nSPS) is 18.1. The van der Waals surface area contributed by atoms with Crippen LogP contribution in [0.15, 0.2) is 48.5 Å². The van der Waals surface area contributed by atoms with Crippen LogP contribution in [0.5, 0.6) is 0 Å². The van der Waals surface area contributed by atoms with Crippen LogP contribution in [0.3, 0.4) is 0 Å². The molecule has 9 nitrogen and oxygen atoms in total. The van der Waals surface area contributed by atoms with E-state index in [4.69, 9.17) is 0 Å². The molecule has 1 saturated heterocycles. The molecule has 0 radical (unpaired) electrons. The van der Waals surface area contributed by atoms with Gasteiger partial charge in [0.1, 0.15) is 5.82 Å². The lowest BCUT2D eigenvalue weighted by atomic mass is 9.91. The van der Waals surface area contributed by atoms with Crippen LogP contribution in [0.4, 0.5) is 14.9 Å². The number of aliphatic hydroxyl groups excluding tert-OH is 1. The summed E-state index contributed by atoms with van der Waals surface area (Å²) in [4.78, 5) is 14.8. The Balaban J connectivity index is 1.25. The Kier molecular flexibility index (Phi) is 8.04. The highest BCUT2D eigenvalue weighted by Gasteiger charge is 2.25. The monoisotopic (exact) mass is 481 g/mol. The number of likely N-dealkylation sites (tertiary alicyclic amines) is 1. The zero-order chi connectivity index (χ0) is 24.8. The van der Waals surface area contributed by atoms with Gasteiger partial charge in [-0.2, -0.15) is 0 Å². The van der Waals surface area contributed by atoms with E-state index in [0.29, 0.717) is 24.0 Å². The topological polar surface area (TPSA) is 108 Å². The molecule has 1 aliphatic rings. The van der Waals surface area contributed by atoms with Crippen LogP contribution < -0.4 is 10.6 Å². The van der Waals surface area contributed by atoms with Gasteiger partial charge in [-0.3, -0.25) is 0 Å². The summed E-state index contributed by atoms with van der Waals surface area (Å²) in [5.41, 5.74) is 2.51. The molecule has 35 heavy (non-hydrogen) atoms. The number of aliphatic hydroxyl groups is 1. The first kappa shape index (κ1) is 24.7. The van der Waals surface area contributed by atoms with E-state index in [1.165, 1.54) is 12.1 Å². The number of benzene rings is 2. The second kappa shape index (κ2) is 11.4. The average molecular weight is 482 g/mol. The van der Waals surface area contributed by atoms with Crippen molar-refractivity contribution in [1.82, 2.24) is 30.4 Å². The molecular weight excluding hydrogens is 449 g/mol. The number of amides is 2. The van der Waals surface area contributed by atoms with Gasteiger partial charge in [-0.1, -0.05) is 24.3 Å². The smallest absolute Gasteiger partial charge is 0.319 e. The molecule has 2 heterocycles. The van der Waals surface area contributed by atoms with E-state index in [1.54, 1.807) is 30.8 Å². The van der Waals surface area contributed by atoms with E-state index in [0.717, 1.165) is 43.5 Å². The van der Waals surface area contributed by atoms with Gasteiger partial charge in [-0.15, -0.1) is 5.10 Å². The van der Waals surface area contributed by atoms with Gasteiger partial charge in [-0.05, 0) is 78.9 Å². The number of hydrogen-bond acceptors (Lipinski definition) is 6. The van der Waals surface area contributed by atoms with Crippen molar-refractivity contribution in [2.24, 2.45) is 13.0 Å². The van der Waals surface area contributed by atoms with Crippen molar-refractivity contribution in [3.8, 4) is 11.4 Å². The number of β-amino-alcohol motifs (C(OH)–C–C–N with tert-alkyl or cyclic N) is 1. The first-order chi connectivity index (χ1) is 16.9. The van der Waals surface area contributed by atoms with E-state index in [9.17, 15) is 14.3 Å². The first-order valence-corrected chi connectivity index (χ1v) is 11.9. The van der Waals surface area contributed by atoms with Crippen LogP contribution in [0.1, 0.15) is 25.3 Å². The molecule has 2 aromatic carbocycles. The highest BCUT2D eigenvalue weighted by atomic mass is 19.1. The summed E-state index contributed by atoms with van der Waals surface area (Å²) < 4.78 is 14.7. The van der Waals surface area contributed by atoms with E-state index < -0.39 is 18.2 Å². The predicted octanol–water partition coefficient (Wildman–Crippen LogP) is 2.84. The van der Waals surface area contributed by atoms with E-state index in [-0.39, 0.29) is 5.82 Å². The summed E-state index contributed by atoms with van der Waals surface area (Å²) in [6, 6.07) is 13.1. The number of anilines is 1. The van der Waals surface area contributed by atoms with Crippen LogP contribution in [-0.4, -0.2) is 68.0 Å². The number of nitrogens with zero attached hydrogens (tertiary/aromatic N) is 5. The third-order valence-corrected chi connectivity index (χ3v) is 6.42. The molecule has 4 rings (SSSR count). The van der Waals surface area contributed by atoms with Crippen molar-refractivity contribution < 1.29 is 14.3 Å². The minimum atomic E-state index is -0.707. The van der Waals surface area contributed by atoms with Gasteiger partial charge >= 0.3 is 6.03 Å². The Labute approximate surface area is 204 Å². The second-order valence-corrected chi connectivity index (χ2v) is 9.26. The molecule has 0 spiro atoms. The Morgan fingerprint density at radius 3 is 2.80 bits per heavy atom. The molecule has 0 saturated carbocycles. The van der Waals surface area contributed by atoms with Crippen LogP contribution in [0.25, 0.3) is 11.4 Å². The SMILES string of the molecule is C[C@@H](NC(=O)Nc1cccc(-c2nnnn2C)c1)[C@@H](O)CN1CCCC(Cc2ccc(F)cc2)C1. The van der Waals surface area contributed by atoms with Gasteiger partial charge in [0.15, 0.2) is 5.82 Å². The maximum atomic E-state index is 13.2. The van der Waals surface area contributed by atoms with Crippen LogP contribution in [-0.2, 0) is 13.5 Å². The second-order valence-electron chi connectivity index (χ2n) is 9.26. The minimum absolute atomic E-state index is 0.219. The Morgan fingerprint density at radius 2 is 2.06 bits per heavy atom. The molecule has 10 heteroatoms. The van der Waals surface area contributed by atoms with Gasteiger partial charge in [0.2, 0.25) is 0 Å². The minimum Gasteiger partial charge on any atom is -0.390 e. The van der Waals surface area contributed by atoms with E-state index in [2.05, 4.69) is 31.1 Å². The molecule has 1 fully saturated rings. The molecule has 1 aliphatic heterocycles. The lowest BCUT2D eigenvalue weighted by Gasteiger charge is -2.35. The molecule has 3 aromatic rings. The number of carbonyl (C=O) groups is 1. The van der Waals surface area contributed by atoms with E-state index in [1.807, 2.05) is 24.3 Å². The van der Waals surface area contributed by atoms with Gasteiger partial charge in [-0.25, -0.2) is 13.9 Å². The summed E-state index contributed by atoms with van der Waals surface area (Å²) >= 11 is 0. The molecule has 3 N–H and O–H groups in total. The molecular formula is C25H32FN7O2. The molecule has 2 amide bonds. The Morgan fingerprint density at radius 1 is 1.26 bits per heavy atom. The number of halogens is 1. The number of urea groups is 1.